The van der Waals surface area contributed by atoms with E-state index in [1.54, 1.807) is 6.08 Å². The Kier molecular flexibility index (Phi) is 6.37. The number of hydrogen-bond acceptors (Lipinski definition) is 2. The molecule has 0 aliphatic rings. The van der Waals surface area contributed by atoms with Gasteiger partial charge in [-0.25, -0.2) is 0 Å². The highest BCUT2D eigenvalue weighted by molar-refractivity contribution is 5.71. The normalized spacial score (nSPS) is 13.3. The topological polar surface area (TPSA) is 26.3 Å². The van der Waals surface area contributed by atoms with Crippen molar-refractivity contribution in [3.05, 3.63) is 72.4 Å². The maximum absolute atomic E-state index is 11.6. The molecule has 19 heavy (non-hydrogen) atoms. The van der Waals surface area contributed by atoms with Gasteiger partial charge in [-0.05, 0) is 18.1 Å². The van der Waals surface area contributed by atoms with Crippen molar-refractivity contribution in [3.63, 3.8) is 0 Å². The Labute approximate surface area is 115 Å². The summed E-state index contributed by atoms with van der Waals surface area (Å²) in [5, 5.41) is 0. The summed E-state index contributed by atoms with van der Waals surface area (Å²) in [5.74, 6) is -0.226. The minimum atomic E-state index is -0.215. The summed E-state index contributed by atoms with van der Waals surface area (Å²) < 4.78 is 4.79. The molecular weight excluding hydrogens is 236 g/mol. The van der Waals surface area contributed by atoms with Crippen LogP contribution in [0.25, 0.3) is 0 Å². The lowest BCUT2D eigenvalue weighted by Crippen LogP contribution is -2.10. The van der Waals surface area contributed by atoms with Crippen LogP contribution in [0.5, 0.6) is 0 Å². The molecule has 0 N–H and O–H groups in total. The van der Waals surface area contributed by atoms with Crippen molar-refractivity contribution in [2.75, 3.05) is 7.11 Å². The van der Waals surface area contributed by atoms with Crippen LogP contribution in [-0.2, 0) is 9.53 Å². The van der Waals surface area contributed by atoms with Crippen LogP contribution in [-0.4, -0.2) is 13.1 Å². The van der Waals surface area contributed by atoms with Crippen molar-refractivity contribution in [1.82, 2.24) is 0 Å². The van der Waals surface area contributed by atoms with Gasteiger partial charge in [-0.15, -0.1) is 0 Å². The largest absolute Gasteiger partial charge is 0.469 e. The first kappa shape index (κ1) is 15.0. The highest BCUT2D eigenvalue weighted by Gasteiger charge is 2.18. The van der Waals surface area contributed by atoms with Gasteiger partial charge in [0.1, 0.15) is 0 Å². The summed E-state index contributed by atoms with van der Waals surface area (Å²) >= 11 is 0. The molecular formula is C17H20O2. The van der Waals surface area contributed by atoms with Gasteiger partial charge in [-0.3, -0.25) is 4.79 Å². The van der Waals surface area contributed by atoms with E-state index in [0.29, 0.717) is 6.42 Å². The monoisotopic (exact) mass is 256 g/mol. The van der Waals surface area contributed by atoms with E-state index in [4.69, 9.17) is 4.74 Å². The number of benzene rings is 1. The van der Waals surface area contributed by atoms with Crippen LogP contribution in [0, 0.1) is 0 Å². The standard InChI is InChI=1S/C17H20O2/c1-4-9-14(10-5-2)16(13-17(18)19-3)15-11-7-6-8-12-15/h4-12,16H,1,13H2,2-3H3/b10-5-,14-9+. The van der Waals surface area contributed by atoms with E-state index in [-0.39, 0.29) is 11.9 Å². The zero-order valence-corrected chi connectivity index (χ0v) is 11.5. The molecule has 0 aromatic heterocycles. The van der Waals surface area contributed by atoms with E-state index < -0.39 is 0 Å². The molecule has 0 amide bonds. The van der Waals surface area contributed by atoms with Gasteiger partial charge in [0.2, 0.25) is 0 Å². The molecule has 0 radical (unpaired) electrons. The third-order valence-corrected chi connectivity index (χ3v) is 2.87. The Morgan fingerprint density at radius 3 is 2.58 bits per heavy atom. The average Bonchev–Trinajstić information content (AvgIpc) is 2.45. The zero-order valence-electron chi connectivity index (χ0n) is 11.5. The molecule has 0 aliphatic carbocycles. The average molecular weight is 256 g/mol. The molecule has 2 nitrogen and oxygen atoms in total. The van der Waals surface area contributed by atoms with Gasteiger partial charge in [0.05, 0.1) is 13.5 Å². The molecule has 2 heteroatoms. The summed E-state index contributed by atoms with van der Waals surface area (Å²) in [6.07, 6.45) is 7.96. The summed E-state index contributed by atoms with van der Waals surface area (Å²) in [5.41, 5.74) is 2.15. The molecule has 0 aliphatic heterocycles. The Hall–Kier alpha value is -2.09. The SMILES string of the molecule is C=C/C=C(\C=C/C)C(CC(=O)OC)c1ccccc1. The second-order valence-corrected chi connectivity index (χ2v) is 4.15. The van der Waals surface area contributed by atoms with E-state index >= 15 is 0 Å². The quantitative estimate of drug-likeness (QED) is 0.567. The fourth-order valence-electron chi connectivity index (χ4n) is 1.98. The summed E-state index contributed by atoms with van der Waals surface area (Å²) in [6.45, 7) is 5.69. The maximum atomic E-state index is 11.6. The minimum Gasteiger partial charge on any atom is -0.469 e. The number of esters is 1. The number of carbonyl (C=O) groups is 1. The molecule has 0 saturated heterocycles. The van der Waals surface area contributed by atoms with Crippen LogP contribution in [0.4, 0.5) is 0 Å². The van der Waals surface area contributed by atoms with Crippen molar-refractivity contribution in [1.29, 1.82) is 0 Å². The number of rotatable bonds is 6. The van der Waals surface area contributed by atoms with Gasteiger partial charge in [0.25, 0.3) is 0 Å². The van der Waals surface area contributed by atoms with Crippen LogP contribution in [0.3, 0.4) is 0 Å². The highest BCUT2D eigenvalue weighted by Crippen LogP contribution is 2.29. The van der Waals surface area contributed by atoms with Crippen LogP contribution in [0.2, 0.25) is 0 Å². The molecule has 0 spiro atoms. The highest BCUT2D eigenvalue weighted by atomic mass is 16.5. The Bertz CT molecular complexity index is 469. The summed E-state index contributed by atoms with van der Waals surface area (Å²) in [6, 6.07) is 9.95. The van der Waals surface area contributed by atoms with Gasteiger partial charge in [0.15, 0.2) is 0 Å². The van der Waals surface area contributed by atoms with E-state index in [9.17, 15) is 4.79 Å². The first-order chi connectivity index (χ1) is 9.22. The van der Waals surface area contributed by atoms with Crippen molar-refractivity contribution < 1.29 is 9.53 Å². The lowest BCUT2D eigenvalue weighted by atomic mass is 9.87. The Morgan fingerprint density at radius 2 is 2.05 bits per heavy atom. The molecule has 100 valence electrons. The molecule has 1 aromatic rings. The molecule has 1 aromatic carbocycles. The second kappa shape index (κ2) is 8.09. The Morgan fingerprint density at radius 1 is 1.37 bits per heavy atom. The number of hydrogen-bond donors (Lipinski definition) is 0. The molecule has 0 heterocycles. The zero-order chi connectivity index (χ0) is 14.1. The summed E-state index contributed by atoms with van der Waals surface area (Å²) in [7, 11) is 1.41. The maximum Gasteiger partial charge on any atom is 0.306 e. The molecule has 0 fully saturated rings. The van der Waals surface area contributed by atoms with E-state index in [1.807, 2.05) is 55.5 Å². The molecule has 1 unspecified atom stereocenters. The minimum absolute atomic E-state index is 0.0113. The molecule has 0 saturated carbocycles. The van der Waals surface area contributed by atoms with Gasteiger partial charge >= 0.3 is 5.97 Å². The number of ether oxygens (including phenoxy) is 1. The summed E-state index contributed by atoms with van der Waals surface area (Å²) in [4.78, 5) is 11.6. The van der Waals surface area contributed by atoms with Crippen molar-refractivity contribution in [3.8, 4) is 0 Å². The fourth-order valence-corrected chi connectivity index (χ4v) is 1.98. The molecule has 1 rings (SSSR count). The molecule has 0 bridgehead atoms. The number of methoxy groups -OCH3 is 1. The smallest absolute Gasteiger partial charge is 0.306 e. The van der Waals surface area contributed by atoms with Crippen molar-refractivity contribution in [2.45, 2.75) is 19.3 Å². The first-order valence-corrected chi connectivity index (χ1v) is 6.30. The molecule has 1 atom stereocenters. The number of allylic oxidation sites excluding steroid dienone is 5. The van der Waals surface area contributed by atoms with E-state index in [0.717, 1.165) is 11.1 Å². The lowest BCUT2D eigenvalue weighted by molar-refractivity contribution is -0.140. The van der Waals surface area contributed by atoms with Gasteiger partial charge in [-0.1, -0.05) is 61.2 Å². The van der Waals surface area contributed by atoms with Gasteiger partial charge in [0, 0.05) is 5.92 Å². The van der Waals surface area contributed by atoms with Crippen LogP contribution >= 0.6 is 0 Å². The van der Waals surface area contributed by atoms with Gasteiger partial charge in [-0.2, -0.15) is 0 Å². The van der Waals surface area contributed by atoms with Gasteiger partial charge < -0.3 is 4.74 Å². The van der Waals surface area contributed by atoms with Crippen molar-refractivity contribution >= 4 is 5.97 Å². The second-order valence-electron chi connectivity index (χ2n) is 4.15. The van der Waals surface area contributed by atoms with Crippen LogP contribution in [0.15, 0.2) is 66.8 Å². The predicted octanol–water partition coefficient (Wildman–Crippen LogP) is 4.02. The number of carbonyl (C=O) groups excluding carboxylic acids is 1. The van der Waals surface area contributed by atoms with Crippen LogP contribution in [0.1, 0.15) is 24.8 Å². The fraction of sp³-hybridized carbons (Fsp3) is 0.235. The Balaban J connectivity index is 3.14. The lowest BCUT2D eigenvalue weighted by Gasteiger charge is -2.17. The predicted molar refractivity (Wildman–Crippen MR) is 78.9 cm³/mol. The van der Waals surface area contributed by atoms with E-state index in [2.05, 4.69) is 6.58 Å². The van der Waals surface area contributed by atoms with Crippen molar-refractivity contribution in [2.24, 2.45) is 0 Å². The third kappa shape index (κ3) is 4.59. The van der Waals surface area contributed by atoms with Crippen LogP contribution < -0.4 is 0 Å². The first-order valence-electron chi connectivity index (χ1n) is 6.30. The van der Waals surface area contributed by atoms with E-state index in [1.165, 1.54) is 7.11 Å². The third-order valence-electron chi connectivity index (χ3n) is 2.87.